The van der Waals surface area contributed by atoms with Crippen LogP contribution < -0.4 is 10.6 Å². The third-order valence-corrected chi connectivity index (χ3v) is 7.25. The van der Waals surface area contributed by atoms with Crippen molar-refractivity contribution in [3.05, 3.63) is 114 Å². The van der Waals surface area contributed by atoms with Gasteiger partial charge in [0.2, 0.25) is 0 Å². The van der Waals surface area contributed by atoms with Crippen LogP contribution in [0.2, 0.25) is 0 Å². The van der Waals surface area contributed by atoms with Crippen LogP contribution in [-0.2, 0) is 6.54 Å². The van der Waals surface area contributed by atoms with Gasteiger partial charge in [-0.05, 0) is 86.1 Å². The fraction of sp³-hybridized carbons (Fsp3) is 0.276. The topological polar surface area (TPSA) is 58.0 Å². The Labute approximate surface area is 218 Å². The minimum atomic E-state index is -0.00402. The molecule has 1 aliphatic rings. The molecule has 0 radical (unpaired) electrons. The molecule has 0 amide bonds. The zero-order valence-corrected chi connectivity index (χ0v) is 21.6. The monoisotopic (exact) mass is 496 g/mol. The van der Waals surface area contributed by atoms with Crippen molar-refractivity contribution in [2.45, 2.75) is 38.9 Å². The Hall–Kier alpha value is -3.71. The van der Waals surface area contributed by atoms with Gasteiger partial charge in [-0.25, -0.2) is 0 Å². The van der Waals surface area contributed by atoms with Crippen LogP contribution >= 0.6 is 12.2 Å². The summed E-state index contributed by atoms with van der Waals surface area (Å²) in [5.41, 5.74) is 7.18. The molecule has 2 N–H and O–H groups in total. The Bertz CT molecular complexity index is 1290. The average Bonchev–Trinajstić information content (AvgIpc) is 3.38. The van der Waals surface area contributed by atoms with E-state index in [1.54, 1.807) is 0 Å². The molecule has 0 spiro atoms. The SMILES string of the molecule is Cc1cc([C@H]2[C@H](c3ccccn3)NC(=S)N2CCCNc2ccccc2)c(C)n1Cc1ccncc1. The molecule has 1 aromatic carbocycles. The van der Waals surface area contributed by atoms with E-state index in [1.807, 2.05) is 36.8 Å². The highest BCUT2D eigenvalue weighted by Gasteiger charge is 2.41. The van der Waals surface area contributed by atoms with Crippen molar-refractivity contribution in [1.82, 2.24) is 24.8 Å². The maximum absolute atomic E-state index is 5.88. The van der Waals surface area contributed by atoms with Crippen LogP contribution in [0, 0.1) is 13.8 Å². The number of thiocarbonyl (C=S) groups is 1. The van der Waals surface area contributed by atoms with Crippen LogP contribution in [0.5, 0.6) is 0 Å². The number of hydrogen-bond donors (Lipinski definition) is 2. The Morgan fingerprint density at radius 1 is 0.972 bits per heavy atom. The molecule has 36 heavy (non-hydrogen) atoms. The lowest BCUT2D eigenvalue weighted by Gasteiger charge is -2.28. The van der Waals surface area contributed by atoms with Crippen molar-refractivity contribution >= 4 is 23.0 Å². The van der Waals surface area contributed by atoms with E-state index in [1.165, 1.54) is 22.5 Å². The largest absolute Gasteiger partial charge is 0.385 e. The third kappa shape index (κ3) is 5.11. The van der Waals surface area contributed by atoms with Gasteiger partial charge in [-0.2, -0.15) is 0 Å². The van der Waals surface area contributed by atoms with Gasteiger partial charge in [0.05, 0.1) is 17.8 Å². The fourth-order valence-electron chi connectivity index (χ4n) is 5.06. The van der Waals surface area contributed by atoms with Crippen LogP contribution in [0.25, 0.3) is 0 Å². The molecular formula is C29H32N6S. The summed E-state index contributed by atoms with van der Waals surface area (Å²) in [4.78, 5) is 11.2. The Balaban J connectivity index is 1.41. The average molecular weight is 497 g/mol. The van der Waals surface area contributed by atoms with Gasteiger partial charge >= 0.3 is 0 Å². The summed E-state index contributed by atoms with van der Waals surface area (Å²) in [7, 11) is 0. The van der Waals surface area contributed by atoms with Gasteiger partial charge in [0, 0.05) is 55.3 Å². The molecule has 0 aliphatic carbocycles. The Kier molecular flexibility index (Phi) is 7.28. The highest BCUT2D eigenvalue weighted by Crippen LogP contribution is 2.41. The summed E-state index contributed by atoms with van der Waals surface area (Å²) >= 11 is 5.88. The van der Waals surface area contributed by atoms with Crippen LogP contribution in [0.3, 0.4) is 0 Å². The van der Waals surface area contributed by atoms with Crippen molar-refractivity contribution in [2.75, 3.05) is 18.4 Å². The quantitative estimate of drug-likeness (QED) is 0.238. The number of rotatable bonds is 9. The van der Waals surface area contributed by atoms with E-state index in [0.717, 1.165) is 42.5 Å². The van der Waals surface area contributed by atoms with Gasteiger partial charge < -0.3 is 20.1 Å². The first-order chi connectivity index (χ1) is 17.6. The van der Waals surface area contributed by atoms with Crippen molar-refractivity contribution in [3.8, 4) is 0 Å². The number of nitrogens with one attached hydrogen (secondary N) is 2. The number of aromatic nitrogens is 3. The number of pyridine rings is 2. The Morgan fingerprint density at radius 2 is 1.75 bits per heavy atom. The van der Waals surface area contributed by atoms with E-state index >= 15 is 0 Å². The third-order valence-electron chi connectivity index (χ3n) is 6.90. The van der Waals surface area contributed by atoms with E-state index in [9.17, 15) is 0 Å². The molecule has 5 rings (SSSR count). The van der Waals surface area contributed by atoms with Crippen molar-refractivity contribution < 1.29 is 0 Å². The lowest BCUT2D eigenvalue weighted by atomic mass is 9.96. The van der Waals surface area contributed by atoms with Crippen LogP contribution in [0.1, 0.15) is 46.7 Å². The smallest absolute Gasteiger partial charge is 0.170 e. The second-order valence-corrected chi connectivity index (χ2v) is 9.62. The first-order valence-corrected chi connectivity index (χ1v) is 12.8. The van der Waals surface area contributed by atoms with Gasteiger partial charge in [-0.15, -0.1) is 0 Å². The first-order valence-electron chi connectivity index (χ1n) is 12.4. The van der Waals surface area contributed by atoms with Crippen LogP contribution in [0.15, 0.2) is 85.3 Å². The summed E-state index contributed by atoms with van der Waals surface area (Å²) in [5, 5.41) is 7.90. The van der Waals surface area contributed by atoms with Crippen molar-refractivity contribution in [1.29, 1.82) is 0 Å². The number of benzene rings is 1. The number of anilines is 1. The van der Waals surface area contributed by atoms with E-state index < -0.39 is 0 Å². The molecule has 1 aliphatic heterocycles. The zero-order valence-electron chi connectivity index (χ0n) is 20.8. The molecule has 0 unspecified atom stereocenters. The highest BCUT2D eigenvalue weighted by molar-refractivity contribution is 7.80. The fourth-order valence-corrected chi connectivity index (χ4v) is 5.40. The number of hydrogen-bond acceptors (Lipinski definition) is 4. The van der Waals surface area contributed by atoms with Crippen LogP contribution in [0.4, 0.5) is 5.69 Å². The number of nitrogens with zero attached hydrogens (tertiary/aromatic N) is 4. The molecule has 2 atom stereocenters. The number of para-hydroxylation sites is 1. The molecule has 3 aromatic heterocycles. The summed E-state index contributed by atoms with van der Waals surface area (Å²) < 4.78 is 2.39. The first kappa shape index (κ1) is 24.0. The molecule has 6 nitrogen and oxygen atoms in total. The number of aryl methyl sites for hydroxylation is 1. The predicted octanol–water partition coefficient (Wildman–Crippen LogP) is 5.42. The lowest BCUT2D eigenvalue weighted by molar-refractivity contribution is 0.315. The van der Waals surface area contributed by atoms with Crippen molar-refractivity contribution in [2.24, 2.45) is 0 Å². The van der Waals surface area contributed by atoms with E-state index in [-0.39, 0.29) is 12.1 Å². The maximum Gasteiger partial charge on any atom is 0.170 e. The second kappa shape index (κ2) is 10.9. The van der Waals surface area contributed by atoms with Gasteiger partial charge in [0.25, 0.3) is 0 Å². The zero-order chi connectivity index (χ0) is 24.9. The minimum Gasteiger partial charge on any atom is -0.385 e. The molecule has 0 saturated carbocycles. The molecule has 184 valence electrons. The van der Waals surface area contributed by atoms with E-state index in [2.05, 4.69) is 87.5 Å². The molecule has 1 saturated heterocycles. The maximum atomic E-state index is 5.88. The molecule has 1 fully saturated rings. The Morgan fingerprint density at radius 3 is 2.50 bits per heavy atom. The molecular weight excluding hydrogens is 464 g/mol. The highest BCUT2D eigenvalue weighted by atomic mass is 32.1. The van der Waals surface area contributed by atoms with Gasteiger partial charge in [-0.3, -0.25) is 9.97 Å². The van der Waals surface area contributed by atoms with Gasteiger partial charge in [0.15, 0.2) is 5.11 Å². The predicted molar refractivity (Wildman–Crippen MR) is 149 cm³/mol. The standard InChI is InChI=1S/C29H32N6S/c1-21-19-25(22(2)35(21)20-23-12-16-30-17-13-23)28-27(26-11-6-7-14-32-26)33-29(36)34(28)18-8-15-31-24-9-4-3-5-10-24/h3-7,9-14,16-17,19,27-28,31H,8,15,18,20H2,1-2H3,(H,33,36)/t27-,28-/m0/s1. The summed E-state index contributed by atoms with van der Waals surface area (Å²) in [6, 6.07) is 23.0. The van der Waals surface area contributed by atoms with Crippen molar-refractivity contribution in [3.63, 3.8) is 0 Å². The minimum absolute atomic E-state index is 0.00402. The van der Waals surface area contributed by atoms with E-state index in [0.29, 0.717) is 0 Å². The molecule has 0 bridgehead atoms. The summed E-state index contributed by atoms with van der Waals surface area (Å²) in [6.07, 6.45) is 6.53. The van der Waals surface area contributed by atoms with Gasteiger partial charge in [0.1, 0.15) is 0 Å². The normalized spacial score (nSPS) is 17.3. The van der Waals surface area contributed by atoms with Gasteiger partial charge in [-0.1, -0.05) is 24.3 Å². The lowest BCUT2D eigenvalue weighted by Crippen LogP contribution is -2.31. The van der Waals surface area contributed by atoms with Crippen LogP contribution in [-0.4, -0.2) is 37.6 Å². The molecule has 4 heterocycles. The molecule has 4 aromatic rings. The summed E-state index contributed by atoms with van der Waals surface area (Å²) in [5.74, 6) is 0. The van der Waals surface area contributed by atoms with E-state index in [4.69, 9.17) is 17.2 Å². The molecule has 7 heteroatoms. The summed E-state index contributed by atoms with van der Waals surface area (Å²) in [6.45, 7) is 6.96. The second-order valence-electron chi connectivity index (χ2n) is 9.23.